The number of hydrogen-bond acceptors (Lipinski definition) is 8. The topological polar surface area (TPSA) is 147 Å². The first kappa shape index (κ1) is 21.0. The molecule has 2 aromatic carbocycles. The van der Waals surface area contributed by atoms with E-state index in [9.17, 15) is 29.7 Å². The van der Waals surface area contributed by atoms with Crippen LogP contribution >= 0.6 is 0 Å². The first-order valence-corrected chi connectivity index (χ1v) is 9.78. The van der Waals surface area contributed by atoms with E-state index in [0.717, 1.165) is 6.92 Å². The highest BCUT2D eigenvalue weighted by Gasteiger charge is 2.60. The number of carbonyl (C=O) groups is 3. The Bertz CT molecular complexity index is 1240. The van der Waals surface area contributed by atoms with Crippen LogP contribution < -0.4 is 5.73 Å². The molecule has 2 aromatic rings. The van der Waals surface area contributed by atoms with Crippen molar-refractivity contribution in [3.8, 4) is 11.5 Å². The number of aromatic hydroxyl groups is 2. The first-order valence-electron chi connectivity index (χ1n) is 9.78. The average molecular weight is 425 g/mol. The van der Waals surface area contributed by atoms with Crippen LogP contribution in [0.5, 0.6) is 11.5 Å². The number of hydrogen-bond donors (Lipinski definition) is 4. The number of rotatable bonds is 2. The predicted octanol–water partition coefficient (Wildman–Crippen LogP) is 1.35. The number of methoxy groups -OCH3 is 1. The van der Waals surface area contributed by atoms with E-state index in [1.54, 1.807) is 26.0 Å². The van der Waals surface area contributed by atoms with Gasteiger partial charge in [-0.1, -0.05) is 12.1 Å². The van der Waals surface area contributed by atoms with E-state index < -0.39 is 40.7 Å². The second-order valence-electron chi connectivity index (χ2n) is 8.24. The van der Waals surface area contributed by atoms with Crippen LogP contribution in [0.4, 0.5) is 0 Å². The molecule has 0 aromatic heterocycles. The molecular formula is C23H23NO7. The molecule has 3 atom stereocenters. The molecule has 8 nitrogen and oxygen atoms in total. The van der Waals surface area contributed by atoms with Gasteiger partial charge in [0.15, 0.2) is 5.78 Å². The number of ketones is 3. The lowest BCUT2D eigenvalue weighted by Gasteiger charge is -2.43. The Hall–Kier alpha value is -3.23. The van der Waals surface area contributed by atoms with Gasteiger partial charge in [-0.05, 0) is 42.8 Å². The number of aliphatic hydroxyl groups is 1. The second-order valence-corrected chi connectivity index (χ2v) is 8.24. The maximum Gasteiger partial charge on any atom is 0.211 e. The third-order valence-corrected chi connectivity index (χ3v) is 6.65. The Labute approximate surface area is 177 Å². The van der Waals surface area contributed by atoms with Crippen molar-refractivity contribution >= 4 is 28.1 Å². The summed E-state index contributed by atoms with van der Waals surface area (Å²) in [5, 5.41) is 33.5. The van der Waals surface area contributed by atoms with Crippen LogP contribution in [0.1, 0.15) is 34.0 Å². The monoisotopic (exact) mass is 425 g/mol. The van der Waals surface area contributed by atoms with Crippen LogP contribution in [-0.4, -0.2) is 51.5 Å². The van der Waals surface area contributed by atoms with Crippen molar-refractivity contribution in [2.75, 3.05) is 7.11 Å². The number of Topliss-reactive ketones (excluding diaryl/α,β-unsaturated/α-hetero) is 3. The maximum atomic E-state index is 13.6. The molecule has 0 aliphatic heterocycles. The van der Waals surface area contributed by atoms with Crippen molar-refractivity contribution in [3.05, 3.63) is 45.7 Å². The lowest BCUT2D eigenvalue weighted by atomic mass is 9.63. The number of phenolic OH excluding ortho intramolecular Hbond substituents is 2. The Morgan fingerprint density at radius 3 is 2.42 bits per heavy atom. The fourth-order valence-electron chi connectivity index (χ4n) is 4.90. The lowest BCUT2D eigenvalue weighted by molar-refractivity contribution is -0.146. The van der Waals surface area contributed by atoms with E-state index in [1.807, 2.05) is 0 Å². The molecule has 2 aliphatic carbocycles. The highest BCUT2D eigenvalue weighted by molar-refractivity contribution is 6.28. The molecule has 4 rings (SSSR count). The third kappa shape index (κ3) is 2.46. The lowest BCUT2D eigenvalue weighted by Crippen LogP contribution is -2.62. The van der Waals surface area contributed by atoms with Crippen LogP contribution in [0, 0.1) is 19.8 Å². The van der Waals surface area contributed by atoms with Crippen molar-refractivity contribution in [2.24, 2.45) is 11.7 Å². The normalized spacial score (nSPS) is 25.6. The molecule has 0 saturated heterocycles. The molecule has 0 bridgehead atoms. The number of carbonyl (C=O) groups excluding carboxylic acids is 3. The van der Waals surface area contributed by atoms with E-state index in [1.165, 1.54) is 7.11 Å². The molecule has 0 heterocycles. The van der Waals surface area contributed by atoms with E-state index in [-0.39, 0.29) is 34.4 Å². The van der Waals surface area contributed by atoms with E-state index in [0.29, 0.717) is 22.1 Å². The smallest absolute Gasteiger partial charge is 0.211 e. The highest BCUT2D eigenvalue weighted by atomic mass is 16.5. The third-order valence-electron chi connectivity index (χ3n) is 6.65. The molecule has 2 unspecified atom stereocenters. The van der Waals surface area contributed by atoms with E-state index in [2.05, 4.69) is 0 Å². The molecule has 162 valence electrons. The van der Waals surface area contributed by atoms with Crippen molar-refractivity contribution in [1.29, 1.82) is 0 Å². The summed E-state index contributed by atoms with van der Waals surface area (Å²) in [4.78, 5) is 39.0. The number of nitrogens with two attached hydrogens (primary N) is 1. The fraction of sp³-hybridized carbons (Fsp3) is 0.348. The van der Waals surface area contributed by atoms with Gasteiger partial charge in [0.1, 0.15) is 29.3 Å². The maximum absolute atomic E-state index is 13.6. The molecule has 0 radical (unpaired) electrons. The fourth-order valence-corrected chi connectivity index (χ4v) is 4.90. The predicted molar refractivity (Wildman–Crippen MR) is 111 cm³/mol. The zero-order valence-corrected chi connectivity index (χ0v) is 17.6. The van der Waals surface area contributed by atoms with Gasteiger partial charge >= 0.3 is 0 Å². The minimum Gasteiger partial charge on any atom is -0.507 e. The van der Waals surface area contributed by atoms with Crippen molar-refractivity contribution in [2.45, 2.75) is 38.9 Å². The number of phenols is 2. The van der Waals surface area contributed by atoms with Crippen LogP contribution in [-0.2, 0) is 20.7 Å². The Morgan fingerprint density at radius 2 is 1.84 bits per heavy atom. The van der Waals surface area contributed by atoms with Crippen LogP contribution in [0.15, 0.2) is 23.4 Å². The van der Waals surface area contributed by atoms with Crippen LogP contribution in [0.2, 0.25) is 0 Å². The number of fused-ring (bicyclic) bond motifs is 3. The summed E-state index contributed by atoms with van der Waals surface area (Å²) in [6.07, 6.45) is -1.19. The summed E-state index contributed by atoms with van der Waals surface area (Å²) in [6.45, 7) is 4.53. The van der Waals surface area contributed by atoms with Gasteiger partial charge in [0.05, 0.1) is 10.9 Å². The van der Waals surface area contributed by atoms with Crippen molar-refractivity contribution in [1.82, 2.24) is 0 Å². The van der Waals surface area contributed by atoms with Gasteiger partial charge in [0.2, 0.25) is 11.4 Å². The number of ether oxygens (including phenoxy) is 1. The van der Waals surface area contributed by atoms with Gasteiger partial charge < -0.3 is 25.8 Å². The second kappa shape index (κ2) is 6.63. The summed E-state index contributed by atoms with van der Waals surface area (Å²) < 4.78 is 5.29. The van der Waals surface area contributed by atoms with Gasteiger partial charge in [-0.2, -0.15) is 0 Å². The molecule has 0 saturated carbocycles. The largest absolute Gasteiger partial charge is 0.507 e. The number of benzene rings is 2. The van der Waals surface area contributed by atoms with Gasteiger partial charge in [-0.25, -0.2) is 0 Å². The number of aryl methyl sites for hydroxylation is 2. The standard InChI is InChI=1S/C23H23NO7/c1-8-5-6-11-9(2)12-7-13-17(24)20(31-4)14(10(3)25)21(28)23(13,30)22(29)16(12)19(27)15(11)18(8)26/h5-6,14,20,26-27,30H,7,24H2,1-4H3/t14?,20?,23-/m1/s1. The molecule has 5 N–H and O–H groups in total. The zero-order valence-electron chi connectivity index (χ0n) is 17.6. The molecule has 31 heavy (non-hydrogen) atoms. The summed E-state index contributed by atoms with van der Waals surface area (Å²) in [7, 11) is 1.29. The summed E-state index contributed by atoms with van der Waals surface area (Å²) in [5.74, 6) is -4.87. The highest BCUT2D eigenvalue weighted by Crippen LogP contribution is 2.49. The van der Waals surface area contributed by atoms with Crippen LogP contribution in [0.25, 0.3) is 10.8 Å². The molecule has 0 fully saturated rings. The van der Waals surface area contributed by atoms with Gasteiger partial charge in [0.25, 0.3) is 0 Å². The minimum atomic E-state index is -2.69. The molecule has 0 spiro atoms. The summed E-state index contributed by atoms with van der Waals surface area (Å²) >= 11 is 0. The Kier molecular flexibility index (Phi) is 4.50. The quantitative estimate of drug-likeness (QED) is 0.527. The van der Waals surface area contributed by atoms with Gasteiger partial charge in [0, 0.05) is 24.8 Å². The molecular weight excluding hydrogens is 402 g/mol. The van der Waals surface area contributed by atoms with Crippen molar-refractivity contribution in [3.63, 3.8) is 0 Å². The van der Waals surface area contributed by atoms with Crippen molar-refractivity contribution < 1.29 is 34.4 Å². The Balaban J connectivity index is 2.11. The van der Waals surface area contributed by atoms with E-state index in [4.69, 9.17) is 10.5 Å². The average Bonchev–Trinajstić information content (AvgIpc) is 2.71. The Morgan fingerprint density at radius 1 is 1.19 bits per heavy atom. The van der Waals surface area contributed by atoms with Gasteiger partial charge in [-0.3, -0.25) is 14.4 Å². The van der Waals surface area contributed by atoms with E-state index >= 15 is 0 Å². The minimum absolute atomic E-state index is 0.0440. The first-order chi connectivity index (χ1) is 14.5. The summed E-state index contributed by atoms with van der Waals surface area (Å²) in [5.41, 5.74) is 4.66. The zero-order chi connectivity index (χ0) is 23.0. The van der Waals surface area contributed by atoms with Crippen LogP contribution in [0.3, 0.4) is 0 Å². The molecule has 8 heteroatoms. The molecule has 0 amide bonds. The molecule has 2 aliphatic rings. The SMILES string of the molecule is COC1C(N)=C2Cc3c(c(O)c4c(O)c(C)ccc4c3C)C(=O)[C@]2(O)C(=O)C1C(C)=O. The van der Waals surface area contributed by atoms with Gasteiger partial charge in [-0.15, -0.1) is 0 Å². The summed E-state index contributed by atoms with van der Waals surface area (Å²) in [6, 6.07) is 3.41.